The molecule has 0 unspecified atom stereocenters. The Kier molecular flexibility index (Phi) is 2.39. The summed E-state index contributed by atoms with van der Waals surface area (Å²) >= 11 is 1.94. The van der Waals surface area contributed by atoms with Crippen LogP contribution in [0.25, 0.3) is 16.9 Å². The number of hydrogen-bond acceptors (Lipinski definition) is 4. The summed E-state index contributed by atoms with van der Waals surface area (Å²) in [5.74, 6) is 0.489. The van der Waals surface area contributed by atoms with Crippen LogP contribution in [0.1, 0.15) is 0 Å². The van der Waals surface area contributed by atoms with E-state index in [9.17, 15) is 4.79 Å². The maximum absolute atomic E-state index is 11.5. The van der Waals surface area contributed by atoms with Crippen molar-refractivity contribution in [2.45, 2.75) is 0 Å². The Hall–Kier alpha value is -1.77. The fourth-order valence-corrected chi connectivity index (χ4v) is 2.07. The number of H-pyrrole nitrogens is 1. The summed E-state index contributed by atoms with van der Waals surface area (Å²) in [5, 5.41) is 8.04. The van der Waals surface area contributed by atoms with Crippen LogP contribution in [0, 0.1) is 3.57 Å². The molecule has 0 aliphatic rings. The van der Waals surface area contributed by atoms with Gasteiger partial charge in [-0.1, -0.05) is 17.3 Å². The van der Waals surface area contributed by atoms with E-state index in [1.807, 2.05) is 46.9 Å². The van der Waals surface area contributed by atoms with Crippen molar-refractivity contribution in [2.24, 2.45) is 0 Å². The van der Waals surface area contributed by atoms with Crippen molar-refractivity contribution in [1.29, 1.82) is 0 Å². The number of aromatic nitrogens is 5. The summed E-state index contributed by atoms with van der Waals surface area (Å²) < 4.78 is 2.05. The molecule has 0 aliphatic carbocycles. The van der Waals surface area contributed by atoms with E-state index in [1.54, 1.807) is 4.68 Å². The second-order valence-electron chi connectivity index (χ2n) is 3.36. The van der Waals surface area contributed by atoms with Crippen molar-refractivity contribution in [3.63, 3.8) is 0 Å². The lowest BCUT2D eigenvalue weighted by Gasteiger charge is -2.01. The standard InChI is InChI=1S/C10H6IN5O/c11-8-9(12-5-13-10(8)17)16-7-4-2-1-3-6(7)14-15-16/h1-5H,(H,12,13,17). The van der Waals surface area contributed by atoms with Crippen LogP contribution in [0.4, 0.5) is 0 Å². The molecule has 7 heteroatoms. The van der Waals surface area contributed by atoms with Crippen LogP contribution in [-0.2, 0) is 0 Å². The monoisotopic (exact) mass is 339 g/mol. The molecule has 84 valence electrons. The molecule has 3 aromatic rings. The largest absolute Gasteiger partial charge is 0.312 e. The zero-order chi connectivity index (χ0) is 11.8. The van der Waals surface area contributed by atoms with Gasteiger partial charge in [-0.3, -0.25) is 4.79 Å². The minimum Gasteiger partial charge on any atom is -0.312 e. The van der Waals surface area contributed by atoms with Crippen LogP contribution in [0.3, 0.4) is 0 Å². The van der Waals surface area contributed by atoms with Gasteiger partial charge in [-0.25, -0.2) is 4.98 Å². The summed E-state index contributed by atoms with van der Waals surface area (Å²) in [5.41, 5.74) is 1.41. The smallest absolute Gasteiger partial charge is 0.266 e. The number of benzene rings is 1. The molecule has 0 saturated heterocycles. The van der Waals surface area contributed by atoms with Crippen LogP contribution >= 0.6 is 22.6 Å². The van der Waals surface area contributed by atoms with Gasteiger partial charge in [0.2, 0.25) is 0 Å². The first-order chi connectivity index (χ1) is 8.27. The number of nitrogens with zero attached hydrogens (tertiary/aromatic N) is 4. The lowest BCUT2D eigenvalue weighted by molar-refractivity contribution is 0.789. The van der Waals surface area contributed by atoms with Crippen LogP contribution in [0.2, 0.25) is 0 Å². The zero-order valence-corrected chi connectivity index (χ0v) is 10.6. The summed E-state index contributed by atoms with van der Waals surface area (Å²) in [4.78, 5) is 18.1. The molecule has 0 spiro atoms. The van der Waals surface area contributed by atoms with Crippen molar-refractivity contribution in [3.05, 3.63) is 44.5 Å². The SMILES string of the molecule is O=c1[nH]cnc(-n2nnc3ccccc32)c1I. The number of aromatic amines is 1. The Labute approximate surface area is 109 Å². The van der Waals surface area contributed by atoms with Gasteiger partial charge in [-0.2, -0.15) is 4.68 Å². The van der Waals surface area contributed by atoms with Gasteiger partial charge in [0.15, 0.2) is 5.82 Å². The molecule has 2 aromatic heterocycles. The number of nitrogens with one attached hydrogen (secondary N) is 1. The molecule has 2 heterocycles. The number of halogens is 1. The molecule has 17 heavy (non-hydrogen) atoms. The average molecular weight is 339 g/mol. The van der Waals surface area contributed by atoms with E-state index in [2.05, 4.69) is 20.3 Å². The predicted octanol–water partition coefficient (Wildman–Crippen LogP) is 1.11. The molecule has 3 rings (SSSR count). The van der Waals surface area contributed by atoms with Gasteiger partial charge in [-0.15, -0.1) is 5.10 Å². The molecular formula is C10H6IN5O. The first-order valence-electron chi connectivity index (χ1n) is 4.81. The minimum absolute atomic E-state index is 0.185. The average Bonchev–Trinajstić information content (AvgIpc) is 2.77. The molecule has 0 saturated carbocycles. The first-order valence-corrected chi connectivity index (χ1v) is 5.89. The molecular weight excluding hydrogens is 333 g/mol. The van der Waals surface area contributed by atoms with Gasteiger partial charge >= 0.3 is 0 Å². The molecule has 0 aliphatic heterocycles. The topological polar surface area (TPSA) is 76.5 Å². The van der Waals surface area contributed by atoms with Crippen LogP contribution in [-0.4, -0.2) is 25.0 Å². The summed E-state index contributed by atoms with van der Waals surface area (Å²) in [6.45, 7) is 0. The number of rotatable bonds is 1. The van der Waals surface area contributed by atoms with Crippen molar-refractivity contribution < 1.29 is 0 Å². The Balaban J connectivity index is 2.35. The normalized spacial score (nSPS) is 10.9. The maximum atomic E-state index is 11.5. The lowest BCUT2D eigenvalue weighted by Crippen LogP contribution is -2.15. The van der Waals surface area contributed by atoms with Crippen molar-refractivity contribution >= 4 is 33.6 Å². The third-order valence-corrected chi connectivity index (χ3v) is 3.30. The quantitative estimate of drug-likeness (QED) is 0.674. The van der Waals surface area contributed by atoms with Gasteiger partial charge in [0.25, 0.3) is 5.56 Å². The van der Waals surface area contributed by atoms with E-state index in [1.165, 1.54) is 6.33 Å². The number of fused-ring (bicyclic) bond motifs is 1. The molecule has 0 bridgehead atoms. The van der Waals surface area contributed by atoms with Gasteiger partial charge in [-0.05, 0) is 34.7 Å². The second kappa shape index (κ2) is 3.91. The summed E-state index contributed by atoms with van der Waals surface area (Å²) in [7, 11) is 0. The Morgan fingerprint density at radius 3 is 3.00 bits per heavy atom. The van der Waals surface area contributed by atoms with Gasteiger partial charge < -0.3 is 4.98 Å². The maximum Gasteiger partial charge on any atom is 0.266 e. The van der Waals surface area contributed by atoms with Crippen LogP contribution < -0.4 is 5.56 Å². The lowest BCUT2D eigenvalue weighted by atomic mass is 10.3. The molecule has 1 N–H and O–H groups in total. The Bertz CT molecular complexity index is 748. The number of para-hydroxylation sites is 1. The van der Waals surface area contributed by atoms with Crippen molar-refractivity contribution in [3.8, 4) is 5.82 Å². The molecule has 0 radical (unpaired) electrons. The van der Waals surface area contributed by atoms with Crippen molar-refractivity contribution in [2.75, 3.05) is 0 Å². The fraction of sp³-hybridized carbons (Fsp3) is 0. The van der Waals surface area contributed by atoms with E-state index in [0.717, 1.165) is 11.0 Å². The molecule has 0 fully saturated rings. The zero-order valence-electron chi connectivity index (χ0n) is 8.46. The first kappa shape index (κ1) is 10.4. The van der Waals surface area contributed by atoms with Crippen LogP contribution in [0.15, 0.2) is 35.4 Å². The van der Waals surface area contributed by atoms with Crippen molar-refractivity contribution in [1.82, 2.24) is 25.0 Å². The molecule has 1 aromatic carbocycles. The highest BCUT2D eigenvalue weighted by Gasteiger charge is 2.11. The molecule has 0 atom stereocenters. The van der Waals surface area contributed by atoms with E-state index in [4.69, 9.17) is 0 Å². The molecule has 6 nitrogen and oxygen atoms in total. The highest BCUT2D eigenvalue weighted by Crippen LogP contribution is 2.15. The Morgan fingerprint density at radius 1 is 1.29 bits per heavy atom. The Morgan fingerprint density at radius 2 is 2.12 bits per heavy atom. The third-order valence-electron chi connectivity index (χ3n) is 2.33. The predicted molar refractivity (Wildman–Crippen MR) is 70.0 cm³/mol. The fourth-order valence-electron chi connectivity index (χ4n) is 1.55. The molecule has 0 amide bonds. The number of hydrogen-bond donors (Lipinski definition) is 1. The highest BCUT2D eigenvalue weighted by molar-refractivity contribution is 14.1. The van der Waals surface area contributed by atoms with Gasteiger partial charge in [0.05, 0.1) is 11.8 Å². The summed E-state index contributed by atoms with van der Waals surface area (Å²) in [6.07, 6.45) is 1.36. The summed E-state index contributed by atoms with van der Waals surface area (Å²) in [6, 6.07) is 7.52. The van der Waals surface area contributed by atoms with Crippen LogP contribution in [0.5, 0.6) is 0 Å². The van der Waals surface area contributed by atoms with E-state index in [-0.39, 0.29) is 5.56 Å². The second-order valence-corrected chi connectivity index (χ2v) is 4.44. The van der Waals surface area contributed by atoms with E-state index in [0.29, 0.717) is 9.39 Å². The van der Waals surface area contributed by atoms with Gasteiger partial charge in [0, 0.05) is 0 Å². The third kappa shape index (κ3) is 1.62. The minimum atomic E-state index is -0.185. The van der Waals surface area contributed by atoms with Gasteiger partial charge in [0.1, 0.15) is 9.09 Å². The van der Waals surface area contributed by atoms with E-state index < -0.39 is 0 Å². The highest BCUT2D eigenvalue weighted by atomic mass is 127. The van der Waals surface area contributed by atoms with E-state index >= 15 is 0 Å².